The van der Waals surface area contributed by atoms with Crippen LogP contribution in [0.25, 0.3) is 0 Å². The Morgan fingerprint density at radius 2 is 2.00 bits per heavy atom. The third kappa shape index (κ3) is 3.71. The van der Waals surface area contributed by atoms with E-state index in [-0.39, 0.29) is 0 Å². The second kappa shape index (κ2) is 7.26. The third-order valence-corrected chi connectivity index (χ3v) is 4.01. The van der Waals surface area contributed by atoms with E-state index in [1.54, 1.807) is 0 Å². The molecule has 1 saturated heterocycles. The van der Waals surface area contributed by atoms with E-state index in [4.69, 9.17) is 5.84 Å². The van der Waals surface area contributed by atoms with Gasteiger partial charge in [-0.25, -0.2) is 10.8 Å². The Hall–Kier alpha value is -1.59. The zero-order valence-electron chi connectivity index (χ0n) is 12.4. The minimum absolute atomic E-state index is 0.497. The summed E-state index contributed by atoms with van der Waals surface area (Å²) in [5.74, 6) is 6.38. The Morgan fingerprint density at radius 1 is 1.35 bits per heavy atom. The van der Waals surface area contributed by atoms with Crippen LogP contribution in [0.1, 0.15) is 19.8 Å². The minimum Gasteiger partial charge on any atom is -0.342 e. The maximum atomic E-state index is 5.65. The van der Waals surface area contributed by atoms with Crippen LogP contribution in [0, 0.1) is 0 Å². The van der Waals surface area contributed by atoms with E-state index in [0.717, 1.165) is 44.1 Å². The molecule has 20 heavy (non-hydrogen) atoms. The smallest absolute Gasteiger partial charge is 0.213 e. The van der Waals surface area contributed by atoms with Gasteiger partial charge in [0.15, 0.2) is 0 Å². The molecule has 0 unspecified atom stereocenters. The van der Waals surface area contributed by atoms with E-state index in [2.05, 4.69) is 34.2 Å². The van der Waals surface area contributed by atoms with Crippen molar-refractivity contribution in [3.8, 4) is 0 Å². The van der Waals surface area contributed by atoms with Crippen LogP contribution in [-0.2, 0) is 0 Å². The molecule has 0 amide bonds. The van der Waals surface area contributed by atoms with Crippen molar-refractivity contribution in [2.75, 3.05) is 26.7 Å². The summed E-state index contributed by atoms with van der Waals surface area (Å²) in [6.07, 6.45) is 2.31. The first-order chi connectivity index (χ1) is 9.74. The van der Waals surface area contributed by atoms with Crippen molar-refractivity contribution in [2.24, 2.45) is 10.8 Å². The van der Waals surface area contributed by atoms with Crippen molar-refractivity contribution in [2.45, 2.75) is 25.8 Å². The fraction of sp³-hybridized carbons (Fsp3) is 0.533. The highest BCUT2D eigenvalue weighted by atomic mass is 15.4. The molecule has 2 rings (SSSR count). The van der Waals surface area contributed by atoms with Crippen molar-refractivity contribution in [1.82, 2.24) is 15.2 Å². The van der Waals surface area contributed by atoms with Crippen LogP contribution in [0.2, 0.25) is 0 Å². The third-order valence-electron chi connectivity index (χ3n) is 4.01. The monoisotopic (exact) mass is 275 g/mol. The van der Waals surface area contributed by atoms with Gasteiger partial charge < -0.3 is 9.80 Å². The Bertz CT molecular complexity index is 423. The molecule has 1 aliphatic rings. The molecule has 0 atom stereocenters. The number of hydrogen-bond donors (Lipinski definition) is 2. The molecule has 1 fully saturated rings. The van der Waals surface area contributed by atoms with Gasteiger partial charge in [-0.2, -0.15) is 0 Å². The number of hydrogen-bond acceptors (Lipinski definition) is 3. The first-order valence-electron chi connectivity index (χ1n) is 7.30. The molecule has 1 aliphatic heterocycles. The number of likely N-dealkylation sites (tertiary alicyclic amines) is 1. The lowest BCUT2D eigenvalue weighted by Gasteiger charge is -2.37. The molecule has 0 aromatic heterocycles. The van der Waals surface area contributed by atoms with Gasteiger partial charge in [0.2, 0.25) is 5.96 Å². The fourth-order valence-corrected chi connectivity index (χ4v) is 2.63. The van der Waals surface area contributed by atoms with Crippen molar-refractivity contribution < 1.29 is 0 Å². The van der Waals surface area contributed by atoms with Crippen LogP contribution in [0.4, 0.5) is 5.69 Å². The van der Waals surface area contributed by atoms with Crippen LogP contribution in [0.3, 0.4) is 0 Å². The van der Waals surface area contributed by atoms with Crippen molar-refractivity contribution in [3.63, 3.8) is 0 Å². The van der Waals surface area contributed by atoms with E-state index in [0.29, 0.717) is 6.04 Å². The summed E-state index contributed by atoms with van der Waals surface area (Å²) in [7, 11) is 2.06. The molecule has 0 bridgehead atoms. The maximum absolute atomic E-state index is 5.65. The van der Waals surface area contributed by atoms with Gasteiger partial charge in [-0.15, -0.1) is 0 Å². The lowest BCUT2D eigenvalue weighted by Crippen LogP contribution is -2.51. The predicted molar refractivity (Wildman–Crippen MR) is 83.8 cm³/mol. The Kier molecular flexibility index (Phi) is 5.38. The summed E-state index contributed by atoms with van der Waals surface area (Å²) < 4.78 is 0. The minimum atomic E-state index is 0.497. The van der Waals surface area contributed by atoms with Crippen LogP contribution in [-0.4, -0.2) is 48.5 Å². The van der Waals surface area contributed by atoms with Gasteiger partial charge in [0.25, 0.3) is 0 Å². The largest absolute Gasteiger partial charge is 0.342 e. The van der Waals surface area contributed by atoms with Crippen molar-refractivity contribution in [1.29, 1.82) is 0 Å². The molecule has 0 spiro atoms. The number of piperidine rings is 1. The van der Waals surface area contributed by atoms with Gasteiger partial charge in [0.1, 0.15) is 0 Å². The predicted octanol–water partition coefficient (Wildman–Crippen LogP) is 1.55. The average Bonchev–Trinajstić information content (AvgIpc) is 2.53. The molecule has 3 N–H and O–H groups in total. The first-order valence-corrected chi connectivity index (χ1v) is 7.30. The number of hydrazine groups is 1. The van der Waals surface area contributed by atoms with Crippen LogP contribution in [0.15, 0.2) is 35.3 Å². The van der Waals surface area contributed by atoms with Gasteiger partial charge >= 0.3 is 0 Å². The van der Waals surface area contributed by atoms with Crippen LogP contribution >= 0.6 is 0 Å². The molecule has 1 aromatic rings. The summed E-state index contributed by atoms with van der Waals surface area (Å²) in [4.78, 5) is 9.23. The lowest BCUT2D eigenvalue weighted by atomic mass is 10.0. The van der Waals surface area contributed by atoms with Gasteiger partial charge in [0, 0.05) is 26.2 Å². The Labute approximate surface area is 121 Å². The molecule has 5 heteroatoms. The van der Waals surface area contributed by atoms with Crippen molar-refractivity contribution >= 4 is 11.6 Å². The van der Waals surface area contributed by atoms with Crippen LogP contribution in [0.5, 0.6) is 0 Å². The number of benzene rings is 1. The normalized spacial score (nSPS) is 18.1. The van der Waals surface area contributed by atoms with E-state index < -0.39 is 0 Å². The highest BCUT2D eigenvalue weighted by Gasteiger charge is 2.23. The summed E-state index contributed by atoms with van der Waals surface area (Å²) >= 11 is 0. The Morgan fingerprint density at radius 3 is 2.55 bits per heavy atom. The molecule has 110 valence electrons. The number of aliphatic imine (C=N–C) groups is 1. The first kappa shape index (κ1) is 14.8. The zero-order chi connectivity index (χ0) is 14.4. The standard InChI is InChI=1S/C15H25N5/c1-3-20-11-9-14(10-12-20)19(2)15(18-16)17-13-7-5-4-6-8-13/h4-8,14H,3,9-12,16H2,1-2H3,(H,17,18). The highest BCUT2D eigenvalue weighted by Crippen LogP contribution is 2.17. The molecular formula is C15H25N5. The molecule has 0 aliphatic carbocycles. The van der Waals surface area contributed by atoms with E-state index >= 15 is 0 Å². The summed E-state index contributed by atoms with van der Waals surface area (Å²) in [5.41, 5.74) is 3.65. The lowest BCUT2D eigenvalue weighted by molar-refractivity contribution is 0.169. The fourth-order valence-electron chi connectivity index (χ4n) is 2.63. The number of nitrogens with one attached hydrogen (secondary N) is 1. The van der Waals surface area contributed by atoms with Crippen LogP contribution < -0.4 is 11.3 Å². The number of nitrogens with zero attached hydrogens (tertiary/aromatic N) is 3. The molecule has 0 saturated carbocycles. The number of rotatable bonds is 3. The molecule has 0 radical (unpaired) electrons. The van der Waals surface area contributed by atoms with E-state index in [9.17, 15) is 0 Å². The maximum Gasteiger partial charge on any atom is 0.213 e. The summed E-state index contributed by atoms with van der Waals surface area (Å²) in [6, 6.07) is 10.4. The number of nitrogens with two attached hydrogens (primary N) is 1. The summed E-state index contributed by atoms with van der Waals surface area (Å²) in [5, 5.41) is 0. The summed E-state index contributed by atoms with van der Waals surface area (Å²) in [6.45, 7) is 5.65. The zero-order valence-corrected chi connectivity index (χ0v) is 12.4. The molecule has 1 aromatic carbocycles. The highest BCUT2D eigenvalue weighted by molar-refractivity contribution is 5.82. The SMILES string of the molecule is CCN1CCC(N(C)C(=Nc2ccccc2)NN)CC1. The Balaban J connectivity index is 2.02. The van der Waals surface area contributed by atoms with E-state index in [1.807, 2.05) is 30.3 Å². The number of para-hydroxylation sites is 1. The average molecular weight is 275 g/mol. The van der Waals surface area contributed by atoms with E-state index in [1.165, 1.54) is 0 Å². The number of guanidine groups is 1. The topological polar surface area (TPSA) is 56.9 Å². The van der Waals surface area contributed by atoms with Gasteiger partial charge in [-0.1, -0.05) is 25.1 Å². The molecule has 5 nitrogen and oxygen atoms in total. The molecule has 1 heterocycles. The molecular weight excluding hydrogens is 250 g/mol. The van der Waals surface area contributed by atoms with Gasteiger partial charge in [-0.05, 0) is 31.5 Å². The van der Waals surface area contributed by atoms with Gasteiger partial charge in [0.05, 0.1) is 5.69 Å². The quantitative estimate of drug-likeness (QED) is 0.380. The second-order valence-electron chi connectivity index (χ2n) is 5.19. The second-order valence-corrected chi connectivity index (χ2v) is 5.19. The van der Waals surface area contributed by atoms with Crippen molar-refractivity contribution in [3.05, 3.63) is 30.3 Å². The van der Waals surface area contributed by atoms with Gasteiger partial charge in [-0.3, -0.25) is 5.43 Å².